The number of anilines is 1. The molecule has 5 heterocycles. The number of carbonyl (C=O) groups is 1. The fourth-order valence-electron chi connectivity index (χ4n) is 6.54. The number of nitrogens with zero attached hydrogens (tertiary/aromatic N) is 6. The van der Waals surface area contributed by atoms with E-state index in [1.807, 2.05) is 49.9 Å². The number of pyridine rings is 2. The molecular formula is C31H32ClN6O2+. The second-order valence-corrected chi connectivity index (χ2v) is 11.3. The van der Waals surface area contributed by atoms with Crippen LogP contribution in [0.5, 0.6) is 0 Å². The van der Waals surface area contributed by atoms with Gasteiger partial charge >= 0.3 is 11.3 Å². The molecule has 204 valence electrons. The molecule has 8 nitrogen and oxygen atoms in total. The van der Waals surface area contributed by atoms with Crippen LogP contribution in [0.3, 0.4) is 0 Å². The van der Waals surface area contributed by atoms with Gasteiger partial charge in [0.25, 0.3) is 0 Å². The molecule has 2 aliphatic heterocycles. The highest BCUT2D eigenvalue weighted by Gasteiger charge is 2.41. The van der Waals surface area contributed by atoms with Gasteiger partial charge in [-0.05, 0) is 58.4 Å². The van der Waals surface area contributed by atoms with Crippen molar-refractivity contribution >= 4 is 34.4 Å². The predicted molar refractivity (Wildman–Crippen MR) is 157 cm³/mol. The van der Waals surface area contributed by atoms with Gasteiger partial charge < -0.3 is 9.80 Å². The Morgan fingerprint density at radius 2 is 1.80 bits per heavy atom. The zero-order valence-corrected chi connectivity index (χ0v) is 24.1. The lowest BCUT2D eigenvalue weighted by Crippen LogP contribution is -2.59. The zero-order chi connectivity index (χ0) is 28.5. The number of benzene rings is 1. The minimum atomic E-state index is -0.372. The first-order valence-corrected chi connectivity index (χ1v) is 13.9. The molecule has 9 heteroatoms. The standard InChI is InChI=1S/C31H32ClN6O2/c1-7-25(39)36-19(4)15-35(16-20(36)5)29-23-14-24(32)28(22-11-9-8-10-17(22)2)37-21(6)26-27(18(3)12-13-33-26)38(30(23)37)31(40)34-29/h7-14,19-21H,1,15-16H2,2-6H3/q+1/t19-,20-,21?/m1/s1. The number of carbonyl (C=O) groups excluding carboxylic acids is 1. The Bertz CT molecular complexity index is 1770. The summed E-state index contributed by atoms with van der Waals surface area (Å²) in [6.07, 6.45) is 3.14. The largest absolute Gasteiger partial charge is 0.442 e. The average molecular weight is 556 g/mol. The summed E-state index contributed by atoms with van der Waals surface area (Å²) in [6.45, 7) is 14.9. The van der Waals surface area contributed by atoms with Crippen molar-refractivity contribution in [1.29, 1.82) is 0 Å². The maximum absolute atomic E-state index is 14.0. The second kappa shape index (κ2) is 9.55. The van der Waals surface area contributed by atoms with Crippen LogP contribution in [0.4, 0.5) is 5.82 Å². The summed E-state index contributed by atoms with van der Waals surface area (Å²) in [4.78, 5) is 39.9. The first-order chi connectivity index (χ1) is 19.1. The summed E-state index contributed by atoms with van der Waals surface area (Å²) in [5, 5.41) is 1.35. The van der Waals surface area contributed by atoms with Crippen LogP contribution in [-0.4, -0.2) is 50.5 Å². The monoisotopic (exact) mass is 555 g/mol. The van der Waals surface area contributed by atoms with Crippen LogP contribution in [0, 0.1) is 13.8 Å². The van der Waals surface area contributed by atoms with Gasteiger partial charge in [0.15, 0.2) is 17.2 Å². The minimum absolute atomic E-state index is 0.0960. The normalized spacial score (nSPS) is 20.0. The van der Waals surface area contributed by atoms with Crippen LogP contribution in [-0.2, 0) is 4.79 Å². The number of hydrogen-bond acceptors (Lipinski definition) is 5. The number of fused-ring (bicyclic) bond motifs is 2. The molecule has 0 aliphatic carbocycles. The van der Waals surface area contributed by atoms with E-state index in [1.165, 1.54) is 6.08 Å². The lowest BCUT2D eigenvalue weighted by Gasteiger charge is -2.44. The molecule has 0 saturated carbocycles. The smallest absolute Gasteiger partial charge is 0.352 e. The van der Waals surface area contributed by atoms with Crippen LogP contribution in [0.1, 0.15) is 43.6 Å². The summed E-state index contributed by atoms with van der Waals surface area (Å²) in [7, 11) is 0. The van der Waals surface area contributed by atoms with Gasteiger partial charge in [-0.3, -0.25) is 9.78 Å². The summed E-state index contributed by atoms with van der Waals surface area (Å²) in [5.74, 6) is 0.476. The van der Waals surface area contributed by atoms with E-state index in [4.69, 9.17) is 16.6 Å². The van der Waals surface area contributed by atoms with Crippen molar-refractivity contribution in [2.75, 3.05) is 18.0 Å². The molecule has 2 aliphatic rings. The fourth-order valence-corrected chi connectivity index (χ4v) is 6.84. The molecule has 4 aromatic rings. The molecule has 40 heavy (non-hydrogen) atoms. The number of aromatic nitrogens is 4. The van der Waals surface area contributed by atoms with Gasteiger partial charge in [-0.15, -0.1) is 4.57 Å². The summed E-state index contributed by atoms with van der Waals surface area (Å²) in [6, 6.07) is 11.6. The number of piperazine rings is 1. The first-order valence-electron chi connectivity index (χ1n) is 13.6. The van der Waals surface area contributed by atoms with E-state index in [0.29, 0.717) is 23.9 Å². The van der Waals surface area contributed by atoms with Gasteiger partial charge in [-0.1, -0.05) is 42.4 Å². The highest BCUT2D eigenvalue weighted by Crippen LogP contribution is 2.39. The van der Waals surface area contributed by atoms with E-state index in [-0.39, 0.29) is 29.7 Å². The van der Waals surface area contributed by atoms with Crippen LogP contribution in [0.25, 0.3) is 28.0 Å². The van der Waals surface area contributed by atoms with Gasteiger partial charge in [0, 0.05) is 42.5 Å². The molecule has 1 saturated heterocycles. The molecule has 0 N–H and O–H groups in total. The Labute approximate surface area is 238 Å². The van der Waals surface area contributed by atoms with Crippen molar-refractivity contribution in [2.45, 2.75) is 52.7 Å². The molecule has 0 bridgehead atoms. The highest BCUT2D eigenvalue weighted by molar-refractivity contribution is 6.33. The van der Waals surface area contributed by atoms with Gasteiger partial charge in [0.2, 0.25) is 5.91 Å². The summed E-state index contributed by atoms with van der Waals surface area (Å²) < 4.78 is 3.84. The lowest BCUT2D eigenvalue weighted by atomic mass is 9.99. The van der Waals surface area contributed by atoms with E-state index < -0.39 is 0 Å². The Hall–Kier alpha value is -4.04. The Morgan fingerprint density at radius 1 is 1.10 bits per heavy atom. The van der Waals surface area contributed by atoms with Crippen LogP contribution in [0.15, 0.2) is 60.0 Å². The molecular weight excluding hydrogens is 524 g/mol. The second-order valence-electron chi connectivity index (χ2n) is 10.9. The third kappa shape index (κ3) is 3.77. The van der Waals surface area contributed by atoms with Crippen LogP contribution >= 0.6 is 11.6 Å². The van der Waals surface area contributed by atoms with Crippen molar-refractivity contribution in [2.24, 2.45) is 0 Å². The van der Waals surface area contributed by atoms with Crippen molar-refractivity contribution in [3.63, 3.8) is 0 Å². The number of halogens is 1. The third-order valence-corrected chi connectivity index (χ3v) is 8.55. The van der Waals surface area contributed by atoms with Gasteiger partial charge in [-0.25, -0.2) is 9.36 Å². The van der Waals surface area contributed by atoms with E-state index in [9.17, 15) is 9.59 Å². The zero-order valence-electron chi connectivity index (χ0n) is 23.3. The van der Waals surface area contributed by atoms with E-state index in [0.717, 1.165) is 44.8 Å². The molecule has 3 atom stereocenters. The Kier molecular flexibility index (Phi) is 6.26. The van der Waals surface area contributed by atoms with Crippen molar-refractivity contribution in [1.82, 2.24) is 19.4 Å². The molecule has 3 aromatic heterocycles. The van der Waals surface area contributed by atoms with E-state index in [2.05, 4.69) is 47.0 Å². The van der Waals surface area contributed by atoms with Crippen LogP contribution < -0.4 is 15.2 Å². The highest BCUT2D eigenvalue weighted by atomic mass is 35.5. The Morgan fingerprint density at radius 3 is 2.48 bits per heavy atom. The number of amides is 1. The predicted octanol–water partition coefficient (Wildman–Crippen LogP) is 4.54. The average Bonchev–Trinajstić information content (AvgIpc) is 2.92. The molecule has 1 unspecified atom stereocenters. The number of rotatable bonds is 3. The molecule has 0 radical (unpaired) electrons. The van der Waals surface area contributed by atoms with E-state index in [1.54, 1.807) is 10.8 Å². The summed E-state index contributed by atoms with van der Waals surface area (Å²) in [5.41, 5.74) is 5.79. The topological polar surface area (TPSA) is 75.2 Å². The number of aryl methyl sites for hydroxylation is 2. The quantitative estimate of drug-likeness (QED) is 0.274. The SMILES string of the molecule is C=CC(=O)N1[C@H](C)CN(c2nc(=O)n3c4c2cc(Cl)c(-c2ccccc2C)[n+]4C(C)c2nccc(C)c2-3)C[C@H]1C. The molecule has 6 rings (SSSR count). The van der Waals surface area contributed by atoms with Crippen molar-refractivity contribution in [3.8, 4) is 16.9 Å². The van der Waals surface area contributed by atoms with Gasteiger partial charge in [0.05, 0.1) is 5.02 Å². The number of hydrogen-bond donors (Lipinski definition) is 0. The maximum Gasteiger partial charge on any atom is 0.442 e. The maximum atomic E-state index is 14.0. The van der Waals surface area contributed by atoms with Crippen molar-refractivity contribution < 1.29 is 9.36 Å². The molecule has 1 aromatic carbocycles. The van der Waals surface area contributed by atoms with Gasteiger partial charge in [0.1, 0.15) is 17.1 Å². The van der Waals surface area contributed by atoms with E-state index >= 15 is 0 Å². The Balaban J connectivity index is 1.68. The van der Waals surface area contributed by atoms with Crippen LogP contribution in [0.2, 0.25) is 5.02 Å². The third-order valence-electron chi connectivity index (χ3n) is 8.26. The van der Waals surface area contributed by atoms with Crippen molar-refractivity contribution in [3.05, 3.63) is 87.6 Å². The molecule has 1 amide bonds. The lowest BCUT2D eigenvalue weighted by molar-refractivity contribution is -0.679. The minimum Gasteiger partial charge on any atom is -0.352 e. The summed E-state index contributed by atoms with van der Waals surface area (Å²) >= 11 is 7.15. The van der Waals surface area contributed by atoms with Gasteiger partial charge in [-0.2, -0.15) is 4.98 Å². The first kappa shape index (κ1) is 26.2. The molecule has 0 spiro atoms. The molecule has 1 fully saturated rings. The fraction of sp³-hybridized carbons (Fsp3) is 0.323.